The molecule has 0 unspecified atom stereocenters. The predicted octanol–water partition coefficient (Wildman–Crippen LogP) is 3.51. The Hall–Kier alpha value is -1.67. The number of rotatable bonds is 5. The van der Waals surface area contributed by atoms with Gasteiger partial charge in [-0.2, -0.15) is 0 Å². The number of aryl methyl sites for hydroxylation is 1. The molecule has 0 saturated carbocycles. The van der Waals surface area contributed by atoms with Crippen molar-refractivity contribution in [1.29, 1.82) is 0 Å². The van der Waals surface area contributed by atoms with Crippen LogP contribution < -0.4 is 0 Å². The first-order valence-corrected chi connectivity index (χ1v) is 7.92. The van der Waals surface area contributed by atoms with Crippen LogP contribution in [0.25, 0.3) is 0 Å². The molecule has 0 radical (unpaired) electrons. The first kappa shape index (κ1) is 15.7. The molecular weight excluding hydrogens is 358 g/mol. The predicted molar refractivity (Wildman–Crippen MR) is 84.6 cm³/mol. The van der Waals surface area contributed by atoms with Gasteiger partial charge in [0.1, 0.15) is 5.69 Å². The highest BCUT2D eigenvalue weighted by atomic mass is 79.9. The Morgan fingerprint density at radius 2 is 2.24 bits per heavy atom. The summed E-state index contributed by atoms with van der Waals surface area (Å²) in [7, 11) is 1.69. The molecule has 0 aliphatic rings. The lowest BCUT2D eigenvalue weighted by Gasteiger charge is -2.16. The third-order valence-electron chi connectivity index (χ3n) is 3.01. The van der Waals surface area contributed by atoms with E-state index in [0.29, 0.717) is 18.8 Å². The van der Waals surface area contributed by atoms with Crippen LogP contribution in [-0.4, -0.2) is 27.3 Å². The number of thiophene rings is 1. The summed E-state index contributed by atoms with van der Waals surface area (Å²) in [5.41, 5.74) is 0.273. The minimum absolute atomic E-state index is 0.0625. The summed E-state index contributed by atoms with van der Waals surface area (Å²) in [6.07, 6.45) is 1.39. The highest BCUT2D eigenvalue weighted by Crippen LogP contribution is 2.22. The Labute approximate surface area is 134 Å². The van der Waals surface area contributed by atoms with Crippen LogP contribution in [0.4, 0.5) is 5.69 Å². The number of amides is 1. The van der Waals surface area contributed by atoms with Crippen molar-refractivity contribution >= 4 is 38.9 Å². The zero-order valence-electron chi connectivity index (χ0n) is 11.6. The number of halogens is 1. The molecule has 0 aliphatic carbocycles. The van der Waals surface area contributed by atoms with Crippen LogP contribution in [-0.2, 0) is 13.1 Å². The quantitative estimate of drug-likeness (QED) is 0.596. The average Bonchev–Trinajstić information content (AvgIpc) is 3.04. The third-order valence-corrected chi connectivity index (χ3v) is 4.70. The molecule has 0 aliphatic heterocycles. The van der Waals surface area contributed by atoms with Gasteiger partial charge >= 0.3 is 0 Å². The molecular formula is C13H14BrN3O3S. The van der Waals surface area contributed by atoms with Gasteiger partial charge < -0.3 is 9.47 Å². The Kier molecular flexibility index (Phi) is 4.79. The second-order valence-electron chi connectivity index (χ2n) is 4.52. The van der Waals surface area contributed by atoms with Crippen LogP contribution >= 0.6 is 27.3 Å². The summed E-state index contributed by atoms with van der Waals surface area (Å²) in [4.78, 5) is 25.4. The Morgan fingerprint density at radius 1 is 1.52 bits per heavy atom. The van der Waals surface area contributed by atoms with Crippen LogP contribution in [0, 0.1) is 10.1 Å². The number of nitro groups is 1. The van der Waals surface area contributed by atoms with Gasteiger partial charge in [-0.15, -0.1) is 11.3 Å². The first-order valence-electron chi connectivity index (χ1n) is 6.25. The van der Waals surface area contributed by atoms with E-state index in [9.17, 15) is 14.9 Å². The van der Waals surface area contributed by atoms with E-state index in [1.54, 1.807) is 27.9 Å². The van der Waals surface area contributed by atoms with Crippen molar-refractivity contribution < 1.29 is 9.72 Å². The lowest BCUT2D eigenvalue weighted by molar-refractivity contribution is -0.384. The van der Waals surface area contributed by atoms with Gasteiger partial charge in [-0.05, 0) is 28.9 Å². The molecule has 0 spiro atoms. The number of hydrogen-bond donors (Lipinski definition) is 0. The van der Waals surface area contributed by atoms with Gasteiger partial charge in [0.15, 0.2) is 0 Å². The van der Waals surface area contributed by atoms with E-state index in [-0.39, 0.29) is 11.6 Å². The fourth-order valence-electron chi connectivity index (χ4n) is 1.97. The fraction of sp³-hybridized carbons (Fsp3) is 0.308. The standard InChI is InChI=1S/C13H14BrN3O3S/c1-3-16-6-10(17(19)20)5-12(16)13(18)15(2)7-11-4-9(14)8-21-11/h4-6,8H,3,7H2,1-2H3. The van der Waals surface area contributed by atoms with Crippen LogP contribution in [0.2, 0.25) is 0 Å². The highest BCUT2D eigenvalue weighted by Gasteiger charge is 2.21. The molecule has 2 heterocycles. The number of hydrogen-bond acceptors (Lipinski definition) is 4. The van der Waals surface area contributed by atoms with Crippen molar-refractivity contribution in [2.45, 2.75) is 20.0 Å². The van der Waals surface area contributed by atoms with Crippen molar-refractivity contribution in [2.75, 3.05) is 7.05 Å². The van der Waals surface area contributed by atoms with Crippen LogP contribution in [0.5, 0.6) is 0 Å². The van der Waals surface area contributed by atoms with E-state index < -0.39 is 4.92 Å². The molecule has 21 heavy (non-hydrogen) atoms. The van der Waals surface area contributed by atoms with Crippen molar-refractivity contribution in [3.63, 3.8) is 0 Å². The molecule has 0 N–H and O–H groups in total. The van der Waals surface area contributed by atoms with Gasteiger partial charge in [0, 0.05) is 34.4 Å². The Balaban J connectivity index is 2.20. The normalized spacial score (nSPS) is 10.6. The van der Waals surface area contributed by atoms with Crippen molar-refractivity contribution in [3.05, 3.63) is 48.9 Å². The summed E-state index contributed by atoms with van der Waals surface area (Å²) in [6, 6.07) is 3.28. The van der Waals surface area contributed by atoms with Gasteiger partial charge in [-0.25, -0.2) is 0 Å². The van der Waals surface area contributed by atoms with Gasteiger partial charge in [0.2, 0.25) is 0 Å². The van der Waals surface area contributed by atoms with E-state index in [4.69, 9.17) is 0 Å². The SMILES string of the molecule is CCn1cc([N+](=O)[O-])cc1C(=O)N(C)Cc1cc(Br)cs1. The molecule has 0 saturated heterocycles. The maximum absolute atomic E-state index is 12.4. The lowest BCUT2D eigenvalue weighted by atomic mass is 10.3. The third kappa shape index (κ3) is 3.51. The molecule has 6 nitrogen and oxygen atoms in total. The highest BCUT2D eigenvalue weighted by molar-refractivity contribution is 9.10. The molecule has 1 amide bonds. The van der Waals surface area contributed by atoms with Crippen LogP contribution in [0.15, 0.2) is 28.2 Å². The number of carbonyl (C=O) groups excluding carboxylic acids is 1. The van der Waals surface area contributed by atoms with Gasteiger partial charge in [-0.3, -0.25) is 14.9 Å². The van der Waals surface area contributed by atoms with E-state index in [0.717, 1.165) is 9.35 Å². The number of nitrogens with zero attached hydrogens (tertiary/aromatic N) is 3. The van der Waals surface area contributed by atoms with Crippen molar-refractivity contribution in [2.24, 2.45) is 0 Å². The summed E-state index contributed by atoms with van der Waals surface area (Å²) < 4.78 is 2.58. The number of aromatic nitrogens is 1. The van der Waals surface area contributed by atoms with Crippen LogP contribution in [0.3, 0.4) is 0 Å². The largest absolute Gasteiger partial charge is 0.337 e. The average molecular weight is 372 g/mol. The maximum Gasteiger partial charge on any atom is 0.287 e. The summed E-state index contributed by atoms with van der Waals surface area (Å²) in [6.45, 7) is 2.82. The molecule has 0 atom stereocenters. The Bertz CT molecular complexity index is 680. The zero-order chi connectivity index (χ0) is 15.6. The topological polar surface area (TPSA) is 68.4 Å². The van der Waals surface area contributed by atoms with E-state index in [1.165, 1.54) is 12.3 Å². The zero-order valence-corrected chi connectivity index (χ0v) is 14.0. The van der Waals surface area contributed by atoms with Gasteiger partial charge in [-0.1, -0.05) is 0 Å². The van der Waals surface area contributed by atoms with Crippen molar-refractivity contribution in [3.8, 4) is 0 Å². The Morgan fingerprint density at radius 3 is 2.76 bits per heavy atom. The fourth-order valence-corrected chi connectivity index (χ4v) is 3.48. The maximum atomic E-state index is 12.4. The summed E-state index contributed by atoms with van der Waals surface area (Å²) in [5, 5.41) is 12.8. The first-order chi connectivity index (χ1) is 9.92. The summed E-state index contributed by atoms with van der Waals surface area (Å²) >= 11 is 4.93. The molecule has 2 aromatic heterocycles. The molecule has 0 aromatic carbocycles. The molecule has 8 heteroatoms. The van der Waals surface area contributed by atoms with Gasteiger partial charge in [0.05, 0.1) is 17.7 Å². The van der Waals surface area contributed by atoms with E-state index >= 15 is 0 Å². The monoisotopic (exact) mass is 371 g/mol. The van der Waals surface area contributed by atoms with Crippen molar-refractivity contribution in [1.82, 2.24) is 9.47 Å². The smallest absolute Gasteiger partial charge is 0.287 e. The molecule has 2 aromatic rings. The molecule has 0 bridgehead atoms. The van der Waals surface area contributed by atoms with E-state index in [2.05, 4.69) is 15.9 Å². The lowest BCUT2D eigenvalue weighted by Crippen LogP contribution is -2.27. The van der Waals surface area contributed by atoms with E-state index in [1.807, 2.05) is 18.4 Å². The molecule has 0 fully saturated rings. The van der Waals surface area contributed by atoms with Crippen LogP contribution in [0.1, 0.15) is 22.3 Å². The summed E-state index contributed by atoms with van der Waals surface area (Å²) in [5.74, 6) is -0.227. The molecule has 112 valence electrons. The minimum Gasteiger partial charge on any atom is -0.337 e. The minimum atomic E-state index is -0.487. The number of carbonyl (C=O) groups is 1. The second kappa shape index (κ2) is 6.40. The second-order valence-corrected chi connectivity index (χ2v) is 6.43. The molecule has 2 rings (SSSR count). The van der Waals surface area contributed by atoms with Gasteiger partial charge in [0.25, 0.3) is 11.6 Å².